The zero-order chi connectivity index (χ0) is 18.2. The molecule has 0 aliphatic rings. The fourth-order valence-corrected chi connectivity index (χ4v) is 2.20. The first-order chi connectivity index (χ1) is 12.0. The molecule has 2 aromatic rings. The van der Waals surface area contributed by atoms with Gasteiger partial charge in [-0.05, 0) is 17.2 Å². The molecule has 0 aliphatic carbocycles. The molecular formula is C18H18FNO5. The van der Waals surface area contributed by atoms with Crippen molar-refractivity contribution in [2.75, 3.05) is 7.11 Å². The molecule has 0 radical (unpaired) electrons. The molecule has 7 heteroatoms. The molecule has 0 saturated heterocycles. The fourth-order valence-electron chi connectivity index (χ4n) is 2.20. The minimum Gasteiger partial charge on any atom is -0.494 e. The predicted octanol–water partition coefficient (Wildman–Crippen LogP) is 2.76. The lowest BCUT2D eigenvalue weighted by Crippen LogP contribution is -2.42. The maximum Gasteiger partial charge on any atom is 0.408 e. The molecule has 0 aliphatic heterocycles. The van der Waals surface area contributed by atoms with Gasteiger partial charge in [-0.1, -0.05) is 42.5 Å². The van der Waals surface area contributed by atoms with Crippen molar-refractivity contribution in [1.29, 1.82) is 0 Å². The third-order valence-electron chi connectivity index (χ3n) is 3.49. The molecule has 0 bridgehead atoms. The van der Waals surface area contributed by atoms with E-state index in [4.69, 9.17) is 9.47 Å². The number of amides is 1. The van der Waals surface area contributed by atoms with Crippen LogP contribution in [0.15, 0.2) is 48.5 Å². The van der Waals surface area contributed by atoms with Crippen molar-refractivity contribution in [2.45, 2.75) is 19.1 Å². The molecule has 132 valence electrons. The minimum atomic E-state index is -1.33. The van der Waals surface area contributed by atoms with Crippen molar-refractivity contribution in [2.24, 2.45) is 0 Å². The van der Waals surface area contributed by atoms with Crippen LogP contribution in [0.3, 0.4) is 0 Å². The number of hydrogen-bond donors (Lipinski definition) is 2. The Bertz CT molecular complexity index is 736. The number of carboxylic acids is 1. The van der Waals surface area contributed by atoms with Gasteiger partial charge in [0.1, 0.15) is 12.6 Å². The maximum atomic E-state index is 14.1. The second-order valence-electron chi connectivity index (χ2n) is 5.23. The molecule has 1 amide bonds. The zero-order valence-electron chi connectivity index (χ0n) is 13.6. The van der Waals surface area contributed by atoms with Crippen molar-refractivity contribution in [1.82, 2.24) is 5.32 Å². The number of halogens is 1. The Labute approximate surface area is 144 Å². The van der Waals surface area contributed by atoms with Crippen molar-refractivity contribution in [3.05, 3.63) is 65.5 Å². The van der Waals surface area contributed by atoms with Crippen LogP contribution in [0.5, 0.6) is 5.75 Å². The van der Waals surface area contributed by atoms with Gasteiger partial charge in [-0.25, -0.2) is 14.0 Å². The minimum absolute atomic E-state index is 0.00648. The number of methoxy groups -OCH3 is 1. The van der Waals surface area contributed by atoms with Gasteiger partial charge in [0.15, 0.2) is 11.6 Å². The predicted molar refractivity (Wildman–Crippen MR) is 87.8 cm³/mol. The molecule has 0 aromatic heterocycles. The largest absolute Gasteiger partial charge is 0.494 e. The van der Waals surface area contributed by atoms with Gasteiger partial charge in [0.25, 0.3) is 0 Å². The molecule has 1 atom stereocenters. The molecule has 0 heterocycles. The van der Waals surface area contributed by atoms with Crippen molar-refractivity contribution in [3.63, 3.8) is 0 Å². The van der Waals surface area contributed by atoms with E-state index in [9.17, 15) is 19.1 Å². The lowest BCUT2D eigenvalue weighted by Gasteiger charge is -2.16. The van der Waals surface area contributed by atoms with Gasteiger partial charge in [0, 0.05) is 6.42 Å². The summed E-state index contributed by atoms with van der Waals surface area (Å²) in [6.07, 6.45) is -1.13. The molecule has 2 N–H and O–H groups in total. The van der Waals surface area contributed by atoms with Crippen LogP contribution in [0.25, 0.3) is 0 Å². The number of benzene rings is 2. The van der Waals surface area contributed by atoms with Gasteiger partial charge in [0.2, 0.25) is 0 Å². The normalized spacial score (nSPS) is 11.4. The molecule has 0 spiro atoms. The summed E-state index contributed by atoms with van der Waals surface area (Å²) in [5.41, 5.74) is 0.887. The van der Waals surface area contributed by atoms with E-state index in [0.717, 1.165) is 5.56 Å². The number of carbonyl (C=O) groups is 2. The van der Waals surface area contributed by atoms with Gasteiger partial charge >= 0.3 is 12.1 Å². The third-order valence-corrected chi connectivity index (χ3v) is 3.49. The van der Waals surface area contributed by atoms with Crippen LogP contribution < -0.4 is 10.1 Å². The average Bonchev–Trinajstić information content (AvgIpc) is 2.61. The highest BCUT2D eigenvalue weighted by molar-refractivity contribution is 5.80. The van der Waals surface area contributed by atoms with Crippen LogP contribution in [0, 0.1) is 5.82 Å². The van der Waals surface area contributed by atoms with Crippen molar-refractivity contribution >= 4 is 12.1 Å². The van der Waals surface area contributed by atoms with Crippen LogP contribution in [0.1, 0.15) is 11.1 Å². The van der Waals surface area contributed by atoms with Gasteiger partial charge in [0.05, 0.1) is 7.11 Å². The first kappa shape index (κ1) is 18.3. The SMILES string of the molecule is COc1cccc(CC(NC(=O)OCc2ccccc2)C(=O)O)c1F. The third kappa shape index (κ3) is 5.20. The summed E-state index contributed by atoms with van der Waals surface area (Å²) in [5.74, 6) is -1.94. The summed E-state index contributed by atoms with van der Waals surface area (Å²) in [5, 5.41) is 11.5. The molecule has 0 fully saturated rings. The first-order valence-electron chi connectivity index (χ1n) is 7.52. The molecule has 2 rings (SSSR count). The molecule has 2 aromatic carbocycles. The van der Waals surface area contributed by atoms with E-state index >= 15 is 0 Å². The van der Waals surface area contributed by atoms with E-state index in [0.29, 0.717) is 0 Å². The number of hydrogen-bond acceptors (Lipinski definition) is 4. The highest BCUT2D eigenvalue weighted by Crippen LogP contribution is 2.21. The fraction of sp³-hybridized carbons (Fsp3) is 0.222. The summed E-state index contributed by atoms with van der Waals surface area (Å²) in [7, 11) is 1.32. The summed E-state index contributed by atoms with van der Waals surface area (Å²) >= 11 is 0. The van der Waals surface area contributed by atoms with E-state index < -0.39 is 23.9 Å². The first-order valence-corrected chi connectivity index (χ1v) is 7.52. The second kappa shape index (κ2) is 8.68. The number of ether oxygens (including phenoxy) is 2. The summed E-state index contributed by atoms with van der Waals surface area (Å²) in [6.45, 7) is 0.00648. The van der Waals surface area contributed by atoms with Crippen LogP contribution in [-0.4, -0.2) is 30.3 Å². The maximum absolute atomic E-state index is 14.1. The average molecular weight is 347 g/mol. The van der Waals surface area contributed by atoms with Crippen LogP contribution >= 0.6 is 0 Å². The number of nitrogens with one attached hydrogen (secondary N) is 1. The molecule has 25 heavy (non-hydrogen) atoms. The summed E-state index contributed by atoms with van der Waals surface area (Å²) in [6, 6.07) is 12.0. The second-order valence-corrected chi connectivity index (χ2v) is 5.23. The van der Waals surface area contributed by atoms with E-state index in [-0.39, 0.29) is 24.3 Å². The van der Waals surface area contributed by atoms with Crippen LogP contribution in [0.2, 0.25) is 0 Å². The van der Waals surface area contributed by atoms with Gasteiger partial charge in [-0.3, -0.25) is 0 Å². The molecule has 1 unspecified atom stereocenters. The number of carbonyl (C=O) groups excluding carboxylic acids is 1. The van der Waals surface area contributed by atoms with Gasteiger partial charge in [-0.15, -0.1) is 0 Å². The number of rotatable bonds is 7. The highest BCUT2D eigenvalue weighted by Gasteiger charge is 2.23. The monoisotopic (exact) mass is 347 g/mol. The van der Waals surface area contributed by atoms with Crippen molar-refractivity contribution in [3.8, 4) is 5.75 Å². The quantitative estimate of drug-likeness (QED) is 0.804. The van der Waals surface area contributed by atoms with E-state index in [1.165, 1.54) is 19.2 Å². The molecule has 6 nitrogen and oxygen atoms in total. The lowest BCUT2D eigenvalue weighted by molar-refractivity contribution is -0.139. The summed E-state index contributed by atoms with van der Waals surface area (Å²) in [4.78, 5) is 23.2. The Morgan fingerprint density at radius 3 is 2.52 bits per heavy atom. The Balaban J connectivity index is 1.99. The van der Waals surface area contributed by atoms with Gasteiger partial charge in [-0.2, -0.15) is 0 Å². The van der Waals surface area contributed by atoms with Gasteiger partial charge < -0.3 is 19.9 Å². The summed E-state index contributed by atoms with van der Waals surface area (Å²) < 4.78 is 24.0. The topological polar surface area (TPSA) is 84.9 Å². The molecule has 0 saturated carbocycles. The van der Waals surface area contributed by atoms with Crippen molar-refractivity contribution < 1.29 is 28.6 Å². The Morgan fingerprint density at radius 1 is 1.16 bits per heavy atom. The number of aliphatic carboxylic acids is 1. The van der Waals surface area contributed by atoms with Crippen LogP contribution in [0.4, 0.5) is 9.18 Å². The smallest absolute Gasteiger partial charge is 0.408 e. The van der Waals surface area contributed by atoms with E-state index in [2.05, 4.69) is 5.32 Å². The zero-order valence-corrected chi connectivity index (χ0v) is 13.6. The van der Waals surface area contributed by atoms with Crippen LogP contribution in [-0.2, 0) is 22.6 Å². The van der Waals surface area contributed by atoms with E-state index in [1.54, 1.807) is 30.3 Å². The number of alkyl carbamates (subject to hydrolysis) is 1. The van der Waals surface area contributed by atoms with E-state index in [1.807, 2.05) is 6.07 Å². The standard InChI is InChI=1S/C18H18FNO5/c1-24-15-9-5-8-13(16(15)19)10-14(17(21)22)20-18(23)25-11-12-6-3-2-4-7-12/h2-9,14H,10-11H2,1H3,(H,20,23)(H,21,22). The Morgan fingerprint density at radius 2 is 1.88 bits per heavy atom. The lowest BCUT2D eigenvalue weighted by atomic mass is 10.1. The molecular weight excluding hydrogens is 329 g/mol. The highest BCUT2D eigenvalue weighted by atomic mass is 19.1. The Kier molecular flexibility index (Phi) is 6.33. The number of carboxylic acid groups (broad SMARTS) is 1. The Hall–Kier alpha value is -3.09.